The molecule has 0 aliphatic rings. The van der Waals surface area contributed by atoms with Gasteiger partial charge in [0, 0.05) is 12.1 Å². The topological polar surface area (TPSA) is 26.9 Å². The third-order valence-electron chi connectivity index (χ3n) is 1.04. The van der Waals surface area contributed by atoms with E-state index < -0.39 is 6.67 Å². The van der Waals surface area contributed by atoms with E-state index in [2.05, 4.69) is 0 Å². The normalized spacial score (nSPS) is 9.44. The molecule has 1 aromatic rings. The summed E-state index contributed by atoms with van der Waals surface area (Å²) in [6.07, 6.45) is 1.27. The van der Waals surface area contributed by atoms with Crippen LogP contribution in [0, 0.1) is 5.21 Å². The van der Waals surface area contributed by atoms with Crippen LogP contribution in [0.5, 0.6) is 0 Å². The molecule has 0 aliphatic carbocycles. The zero-order chi connectivity index (χ0) is 6.69. The van der Waals surface area contributed by atoms with Gasteiger partial charge in [0.15, 0.2) is 12.9 Å². The molecule has 0 unspecified atom stereocenters. The molecule has 48 valence electrons. The van der Waals surface area contributed by atoms with Crippen LogP contribution in [0.1, 0.15) is 5.69 Å². The number of aromatic nitrogens is 1. The first kappa shape index (κ1) is 6.01. The Morgan fingerprint density at radius 2 is 2.33 bits per heavy atom. The Bertz CT molecular complexity index is 202. The molecule has 0 saturated heterocycles. The van der Waals surface area contributed by atoms with Crippen LogP contribution >= 0.6 is 0 Å². The van der Waals surface area contributed by atoms with Gasteiger partial charge in [-0.25, -0.2) is 4.39 Å². The molecule has 9 heavy (non-hydrogen) atoms. The highest BCUT2D eigenvalue weighted by molar-refractivity contribution is 4.95. The maximum atomic E-state index is 11.8. The third-order valence-corrected chi connectivity index (χ3v) is 1.04. The Hall–Kier alpha value is -1.12. The summed E-state index contributed by atoms with van der Waals surface area (Å²) in [5.74, 6) is 0. The minimum Gasteiger partial charge on any atom is -0.618 e. The molecule has 1 heterocycles. The molecule has 0 fully saturated rings. The van der Waals surface area contributed by atoms with Gasteiger partial charge < -0.3 is 5.21 Å². The summed E-state index contributed by atoms with van der Waals surface area (Å²) in [4.78, 5) is 0. The summed E-state index contributed by atoms with van der Waals surface area (Å²) in [6.45, 7) is -0.704. The second kappa shape index (κ2) is 2.44. The standard InChI is InChI=1S/C6H6FNO/c7-5-6-3-1-2-4-8(6)9/h1-4H,5H2. The minimum absolute atomic E-state index is 0.150. The number of pyridine rings is 1. The van der Waals surface area contributed by atoms with Crippen LogP contribution in [0.15, 0.2) is 24.4 Å². The number of hydrogen-bond donors (Lipinski definition) is 0. The molecule has 1 rings (SSSR count). The van der Waals surface area contributed by atoms with E-state index in [-0.39, 0.29) is 5.69 Å². The lowest BCUT2D eigenvalue weighted by atomic mass is 10.4. The monoisotopic (exact) mass is 127 g/mol. The van der Waals surface area contributed by atoms with Gasteiger partial charge in [-0.2, -0.15) is 4.73 Å². The van der Waals surface area contributed by atoms with Gasteiger partial charge in [0.1, 0.15) is 0 Å². The fourth-order valence-electron chi connectivity index (χ4n) is 0.567. The highest BCUT2D eigenvalue weighted by Gasteiger charge is 1.98. The smallest absolute Gasteiger partial charge is 0.223 e. The Kier molecular flexibility index (Phi) is 1.63. The molecular weight excluding hydrogens is 121 g/mol. The second-order valence-corrected chi connectivity index (χ2v) is 1.65. The Morgan fingerprint density at radius 3 is 2.78 bits per heavy atom. The lowest BCUT2D eigenvalue weighted by Crippen LogP contribution is -2.29. The van der Waals surface area contributed by atoms with Crippen molar-refractivity contribution in [3.63, 3.8) is 0 Å². The van der Waals surface area contributed by atoms with Gasteiger partial charge in [-0.3, -0.25) is 0 Å². The van der Waals surface area contributed by atoms with Crippen molar-refractivity contribution < 1.29 is 9.12 Å². The number of alkyl halides is 1. The average Bonchev–Trinajstić information content (AvgIpc) is 1.89. The molecule has 0 radical (unpaired) electrons. The van der Waals surface area contributed by atoms with E-state index in [1.54, 1.807) is 12.1 Å². The molecule has 3 heteroatoms. The third kappa shape index (κ3) is 1.16. The second-order valence-electron chi connectivity index (χ2n) is 1.65. The Balaban J connectivity index is 3.01. The summed E-state index contributed by atoms with van der Waals surface area (Å²) >= 11 is 0. The maximum Gasteiger partial charge on any atom is 0.223 e. The number of rotatable bonds is 1. The van der Waals surface area contributed by atoms with Crippen LogP contribution in [-0.4, -0.2) is 0 Å². The van der Waals surface area contributed by atoms with Gasteiger partial charge >= 0.3 is 0 Å². The molecule has 0 saturated carbocycles. The van der Waals surface area contributed by atoms with E-state index in [1.807, 2.05) is 0 Å². The lowest BCUT2D eigenvalue weighted by molar-refractivity contribution is -0.615. The highest BCUT2D eigenvalue weighted by Crippen LogP contribution is 1.91. The maximum absolute atomic E-state index is 11.8. The van der Waals surface area contributed by atoms with E-state index in [9.17, 15) is 9.60 Å². The zero-order valence-corrected chi connectivity index (χ0v) is 4.75. The number of nitrogens with zero attached hydrogens (tertiary/aromatic N) is 1. The number of hydrogen-bond acceptors (Lipinski definition) is 1. The molecule has 0 bridgehead atoms. The van der Waals surface area contributed by atoms with Crippen molar-refractivity contribution >= 4 is 0 Å². The molecule has 0 spiro atoms. The summed E-state index contributed by atoms with van der Waals surface area (Å²) in [7, 11) is 0. The van der Waals surface area contributed by atoms with Gasteiger partial charge in [-0.15, -0.1) is 0 Å². The summed E-state index contributed by atoms with van der Waals surface area (Å²) < 4.78 is 12.3. The first-order chi connectivity index (χ1) is 4.34. The highest BCUT2D eigenvalue weighted by atomic mass is 19.1. The van der Waals surface area contributed by atoms with Crippen LogP contribution in [-0.2, 0) is 6.67 Å². The fraction of sp³-hybridized carbons (Fsp3) is 0.167. The van der Waals surface area contributed by atoms with Crippen molar-refractivity contribution in [2.45, 2.75) is 6.67 Å². The van der Waals surface area contributed by atoms with E-state index in [0.29, 0.717) is 4.73 Å². The quantitative estimate of drug-likeness (QED) is 0.404. The van der Waals surface area contributed by atoms with Crippen molar-refractivity contribution in [1.82, 2.24) is 0 Å². The van der Waals surface area contributed by atoms with E-state index in [0.717, 1.165) is 0 Å². The molecule has 2 nitrogen and oxygen atoms in total. The van der Waals surface area contributed by atoms with E-state index in [4.69, 9.17) is 0 Å². The summed E-state index contributed by atoms with van der Waals surface area (Å²) in [6, 6.07) is 4.64. The van der Waals surface area contributed by atoms with Gasteiger partial charge in [0.25, 0.3) is 0 Å². The Labute approximate surface area is 52.1 Å². The van der Waals surface area contributed by atoms with Crippen LogP contribution in [0.4, 0.5) is 4.39 Å². The van der Waals surface area contributed by atoms with Crippen molar-refractivity contribution in [2.24, 2.45) is 0 Å². The zero-order valence-electron chi connectivity index (χ0n) is 4.75. The average molecular weight is 127 g/mol. The molecule has 1 aromatic heterocycles. The van der Waals surface area contributed by atoms with Crippen LogP contribution in [0.2, 0.25) is 0 Å². The first-order valence-corrected chi connectivity index (χ1v) is 2.57. The van der Waals surface area contributed by atoms with Crippen LogP contribution in [0.25, 0.3) is 0 Å². The van der Waals surface area contributed by atoms with Crippen LogP contribution in [0.3, 0.4) is 0 Å². The molecule has 0 amide bonds. The van der Waals surface area contributed by atoms with Gasteiger partial charge in [-0.1, -0.05) is 0 Å². The van der Waals surface area contributed by atoms with E-state index >= 15 is 0 Å². The van der Waals surface area contributed by atoms with Crippen molar-refractivity contribution in [2.75, 3.05) is 0 Å². The molecular formula is C6H6FNO. The SMILES string of the molecule is [O-][n+]1ccccc1CF. The molecule has 0 aromatic carbocycles. The van der Waals surface area contributed by atoms with Crippen molar-refractivity contribution in [3.8, 4) is 0 Å². The molecule has 0 atom stereocenters. The number of halogens is 1. The summed E-state index contributed by atoms with van der Waals surface area (Å²) in [5.41, 5.74) is 0.150. The fourth-order valence-corrected chi connectivity index (χ4v) is 0.567. The van der Waals surface area contributed by atoms with Gasteiger partial charge in [0.05, 0.1) is 0 Å². The minimum atomic E-state index is -0.704. The predicted molar refractivity (Wildman–Crippen MR) is 30.2 cm³/mol. The first-order valence-electron chi connectivity index (χ1n) is 2.57. The van der Waals surface area contributed by atoms with Gasteiger partial charge in [0.2, 0.25) is 5.69 Å². The molecule has 0 N–H and O–H groups in total. The van der Waals surface area contributed by atoms with Crippen molar-refractivity contribution in [1.29, 1.82) is 0 Å². The van der Waals surface area contributed by atoms with Crippen LogP contribution < -0.4 is 4.73 Å². The van der Waals surface area contributed by atoms with Crippen molar-refractivity contribution in [3.05, 3.63) is 35.3 Å². The molecule has 0 aliphatic heterocycles. The predicted octanol–water partition coefficient (Wildman–Crippen LogP) is 0.790. The Morgan fingerprint density at radius 1 is 1.56 bits per heavy atom. The largest absolute Gasteiger partial charge is 0.618 e. The summed E-state index contributed by atoms with van der Waals surface area (Å²) in [5, 5.41) is 10.5. The van der Waals surface area contributed by atoms with E-state index in [1.165, 1.54) is 12.3 Å². The lowest BCUT2D eigenvalue weighted by Gasteiger charge is -1.97. The van der Waals surface area contributed by atoms with Gasteiger partial charge in [-0.05, 0) is 6.07 Å².